The fourth-order valence-corrected chi connectivity index (χ4v) is 2.11. The summed E-state index contributed by atoms with van der Waals surface area (Å²) in [6.45, 7) is 1.65. The molecule has 0 atom stereocenters. The van der Waals surface area contributed by atoms with Crippen molar-refractivity contribution in [1.82, 2.24) is 10.4 Å². The zero-order valence-electron chi connectivity index (χ0n) is 14.8. The molecule has 26 heavy (non-hydrogen) atoms. The van der Waals surface area contributed by atoms with Crippen molar-refractivity contribution >= 4 is 23.2 Å². The number of anilines is 1. The van der Waals surface area contributed by atoms with E-state index >= 15 is 0 Å². The predicted octanol–water partition coefficient (Wildman–Crippen LogP) is 2.23. The number of pyridine rings is 1. The van der Waals surface area contributed by atoms with Gasteiger partial charge >= 0.3 is 0 Å². The molecule has 0 bridgehead atoms. The number of nitrogens with zero attached hydrogens (tertiary/aromatic N) is 2. The van der Waals surface area contributed by atoms with Gasteiger partial charge in [0.2, 0.25) is 5.91 Å². The molecule has 0 spiro atoms. The van der Waals surface area contributed by atoms with E-state index in [0.717, 1.165) is 0 Å². The Morgan fingerprint density at radius 1 is 1.19 bits per heavy atom. The van der Waals surface area contributed by atoms with Crippen molar-refractivity contribution in [3.05, 3.63) is 48.3 Å². The third kappa shape index (κ3) is 5.30. The molecule has 8 nitrogen and oxygen atoms in total. The van der Waals surface area contributed by atoms with Gasteiger partial charge in [0.15, 0.2) is 0 Å². The van der Waals surface area contributed by atoms with Crippen LogP contribution in [0.25, 0.3) is 0 Å². The molecular weight excluding hydrogens is 336 g/mol. The number of hydrazone groups is 1. The number of benzene rings is 1. The Hall–Kier alpha value is -3.42. The summed E-state index contributed by atoms with van der Waals surface area (Å²) in [6.07, 6.45) is 3.20. The summed E-state index contributed by atoms with van der Waals surface area (Å²) in [5, 5.41) is 6.65. The van der Waals surface area contributed by atoms with Crippen LogP contribution >= 0.6 is 0 Å². The van der Waals surface area contributed by atoms with E-state index in [1.165, 1.54) is 14.2 Å². The van der Waals surface area contributed by atoms with E-state index in [0.29, 0.717) is 28.5 Å². The van der Waals surface area contributed by atoms with Crippen LogP contribution in [0.15, 0.2) is 47.8 Å². The molecule has 0 aliphatic carbocycles. The lowest BCUT2D eigenvalue weighted by molar-refractivity contribution is -0.115. The summed E-state index contributed by atoms with van der Waals surface area (Å²) >= 11 is 0. The first-order chi connectivity index (χ1) is 12.5. The monoisotopic (exact) mass is 356 g/mol. The van der Waals surface area contributed by atoms with E-state index in [9.17, 15) is 9.59 Å². The summed E-state index contributed by atoms with van der Waals surface area (Å²) in [5.74, 6) is 0.237. The Balaban J connectivity index is 1.95. The lowest BCUT2D eigenvalue weighted by Crippen LogP contribution is -2.22. The normalized spacial score (nSPS) is 10.8. The van der Waals surface area contributed by atoms with E-state index < -0.39 is 5.91 Å². The van der Waals surface area contributed by atoms with E-state index in [1.54, 1.807) is 49.6 Å². The Kier molecular flexibility index (Phi) is 6.67. The number of rotatable bonds is 7. The standard InChI is InChI=1S/C18H20N4O4/c1-12(9-17(23)20-13-5-4-8-19-11-13)21-22-18(24)15-7-6-14(25-2)10-16(15)26-3/h4-8,10-11H,9H2,1-3H3,(H,20,23)(H,22,24)/b21-12+. The first-order valence-electron chi connectivity index (χ1n) is 7.79. The second kappa shape index (κ2) is 9.16. The van der Waals surface area contributed by atoms with Crippen LogP contribution in [0.1, 0.15) is 23.7 Å². The zero-order valence-corrected chi connectivity index (χ0v) is 14.8. The highest BCUT2D eigenvalue weighted by atomic mass is 16.5. The van der Waals surface area contributed by atoms with E-state index in [-0.39, 0.29) is 12.3 Å². The Labute approximate surface area is 151 Å². The van der Waals surface area contributed by atoms with Gasteiger partial charge in [-0.15, -0.1) is 0 Å². The molecule has 0 saturated heterocycles. The van der Waals surface area contributed by atoms with Gasteiger partial charge in [-0.1, -0.05) is 0 Å². The topological polar surface area (TPSA) is 102 Å². The molecule has 2 amide bonds. The number of ether oxygens (including phenoxy) is 2. The number of hydrogen-bond donors (Lipinski definition) is 2. The molecular formula is C18H20N4O4. The van der Waals surface area contributed by atoms with Crippen LogP contribution in [-0.2, 0) is 4.79 Å². The summed E-state index contributed by atoms with van der Waals surface area (Å²) in [5.41, 5.74) is 3.77. The third-order valence-corrected chi connectivity index (χ3v) is 3.36. The van der Waals surface area contributed by atoms with Crippen molar-refractivity contribution in [2.75, 3.05) is 19.5 Å². The maximum Gasteiger partial charge on any atom is 0.275 e. The van der Waals surface area contributed by atoms with Crippen LogP contribution in [0.3, 0.4) is 0 Å². The third-order valence-electron chi connectivity index (χ3n) is 3.36. The largest absolute Gasteiger partial charge is 0.497 e. The second-order valence-electron chi connectivity index (χ2n) is 5.32. The van der Waals surface area contributed by atoms with Crippen LogP contribution in [-0.4, -0.2) is 36.7 Å². The van der Waals surface area contributed by atoms with Gasteiger partial charge < -0.3 is 14.8 Å². The van der Waals surface area contributed by atoms with Gasteiger partial charge in [-0.2, -0.15) is 5.10 Å². The van der Waals surface area contributed by atoms with Crippen LogP contribution in [0.2, 0.25) is 0 Å². The molecule has 1 heterocycles. The molecule has 8 heteroatoms. The molecule has 136 valence electrons. The van der Waals surface area contributed by atoms with Gasteiger partial charge in [-0.3, -0.25) is 14.6 Å². The van der Waals surface area contributed by atoms with Crippen molar-refractivity contribution in [3.63, 3.8) is 0 Å². The second-order valence-corrected chi connectivity index (χ2v) is 5.32. The maximum absolute atomic E-state index is 12.3. The van der Waals surface area contributed by atoms with Crippen molar-refractivity contribution in [2.24, 2.45) is 5.10 Å². The molecule has 0 aliphatic rings. The molecule has 1 aromatic heterocycles. The highest BCUT2D eigenvalue weighted by Gasteiger charge is 2.13. The van der Waals surface area contributed by atoms with E-state index in [1.807, 2.05) is 0 Å². The Morgan fingerprint density at radius 3 is 2.65 bits per heavy atom. The number of carbonyl (C=O) groups excluding carboxylic acids is 2. The van der Waals surface area contributed by atoms with Crippen LogP contribution in [0.5, 0.6) is 11.5 Å². The van der Waals surface area contributed by atoms with Crippen LogP contribution in [0.4, 0.5) is 5.69 Å². The molecule has 0 fully saturated rings. The van der Waals surface area contributed by atoms with Gasteiger partial charge in [0.1, 0.15) is 11.5 Å². The van der Waals surface area contributed by atoms with Gasteiger partial charge in [0, 0.05) is 18.0 Å². The molecule has 1 aromatic carbocycles. The van der Waals surface area contributed by atoms with Crippen molar-refractivity contribution in [1.29, 1.82) is 0 Å². The predicted molar refractivity (Wildman–Crippen MR) is 97.6 cm³/mol. The van der Waals surface area contributed by atoms with Crippen LogP contribution < -0.4 is 20.2 Å². The molecule has 2 aromatic rings. The van der Waals surface area contributed by atoms with Gasteiger partial charge in [0.25, 0.3) is 5.91 Å². The van der Waals surface area contributed by atoms with Crippen molar-refractivity contribution in [2.45, 2.75) is 13.3 Å². The first kappa shape index (κ1) is 18.9. The summed E-state index contributed by atoms with van der Waals surface area (Å²) in [7, 11) is 2.99. The molecule has 0 unspecified atom stereocenters. The lowest BCUT2D eigenvalue weighted by atomic mass is 10.2. The number of methoxy groups -OCH3 is 2. The number of nitrogens with one attached hydrogen (secondary N) is 2. The molecule has 2 N–H and O–H groups in total. The number of carbonyl (C=O) groups is 2. The first-order valence-corrected chi connectivity index (χ1v) is 7.79. The van der Waals surface area contributed by atoms with Crippen molar-refractivity contribution < 1.29 is 19.1 Å². The van der Waals surface area contributed by atoms with E-state index in [4.69, 9.17) is 9.47 Å². The average Bonchev–Trinajstić information content (AvgIpc) is 2.66. The average molecular weight is 356 g/mol. The summed E-state index contributed by atoms with van der Waals surface area (Å²) in [4.78, 5) is 28.1. The van der Waals surface area contributed by atoms with Gasteiger partial charge in [-0.05, 0) is 31.2 Å². The maximum atomic E-state index is 12.3. The number of aromatic nitrogens is 1. The van der Waals surface area contributed by atoms with E-state index in [2.05, 4.69) is 20.8 Å². The Morgan fingerprint density at radius 2 is 2.00 bits per heavy atom. The molecule has 0 radical (unpaired) electrons. The minimum atomic E-state index is -0.448. The fourth-order valence-electron chi connectivity index (χ4n) is 2.11. The highest BCUT2D eigenvalue weighted by Crippen LogP contribution is 2.24. The van der Waals surface area contributed by atoms with Gasteiger partial charge in [0.05, 0.1) is 38.1 Å². The highest BCUT2D eigenvalue weighted by molar-refractivity contribution is 6.06. The lowest BCUT2D eigenvalue weighted by Gasteiger charge is -2.09. The van der Waals surface area contributed by atoms with Crippen molar-refractivity contribution in [3.8, 4) is 11.5 Å². The summed E-state index contributed by atoms with van der Waals surface area (Å²) < 4.78 is 10.3. The fraction of sp³-hybridized carbons (Fsp3) is 0.222. The summed E-state index contributed by atoms with van der Waals surface area (Å²) in [6, 6.07) is 8.28. The SMILES string of the molecule is COc1ccc(C(=O)N/N=C(\C)CC(=O)Nc2cccnc2)c(OC)c1. The minimum Gasteiger partial charge on any atom is -0.497 e. The van der Waals surface area contributed by atoms with Crippen LogP contribution in [0, 0.1) is 0 Å². The number of hydrogen-bond acceptors (Lipinski definition) is 6. The Bertz CT molecular complexity index is 806. The molecule has 0 aliphatic heterocycles. The molecule has 2 rings (SSSR count). The smallest absolute Gasteiger partial charge is 0.275 e. The van der Waals surface area contributed by atoms with Gasteiger partial charge in [-0.25, -0.2) is 5.43 Å². The number of amides is 2. The minimum absolute atomic E-state index is 0.0366. The quantitative estimate of drug-likeness (QED) is 0.585. The zero-order chi connectivity index (χ0) is 18.9. The molecule has 0 saturated carbocycles.